The fourth-order valence-electron chi connectivity index (χ4n) is 1.40. The van der Waals surface area contributed by atoms with Crippen molar-refractivity contribution in [3.63, 3.8) is 0 Å². The quantitative estimate of drug-likeness (QED) is 0.561. The molecular weight excluding hydrogens is 230 g/mol. The molecule has 7 heteroatoms. The van der Waals surface area contributed by atoms with Crippen LogP contribution in [0.2, 0.25) is 0 Å². The van der Waals surface area contributed by atoms with Crippen molar-refractivity contribution in [2.24, 2.45) is 0 Å². The zero-order valence-electron chi connectivity index (χ0n) is 9.32. The van der Waals surface area contributed by atoms with Gasteiger partial charge < -0.3 is 15.5 Å². The minimum Gasteiger partial charge on any atom is -0.347 e. The van der Waals surface area contributed by atoms with E-state index in [4.69, 9.17) is 0 Å². The average molecular weight is 247 g/mol. The van der Waals surface area contributed by atoms with Gasteiger partial charge in [-0.25, -0.2) is 0 Å². The highest BCUT2D eigenvalue weighted by atomic mass is 32.2. The summed E-state index contributed by atoms with van der Waals surface area (Å²) in [5, 5.41) is 5.57. The molecule has 1 aliphatic heterocycles. The summed E-state index contributed by atoms with van der Waals surface area (Å²) >= 11 is 0. The predicted octanol–water partition coefficient (Wildman–Crippen LogP) is -2.09. The summed E-state index contributed by atoms with van der Waals surface area (Å²) in [7, 11) is -0.950. The lowest BCUT2D eigenvalue weighted by atomic mass is 10.3. The van der Waals surface area contributed by atoms with Crippen LogP contribution in [0.1, 0.15) is 0 Å². The Morgan fingerprint density at radius 3 is 2.56 bits per heavy atom. The van der Waals surface area contributed by atoms with E-state index in [-0.39, 0.29) is 6.54 Å². The van der Waals surface area contributed by atoms with Crippen molar-refractivity contribution < 1.29 is 13.8 Å². The third kappa shape index (κ3) is 4.28. The normalized spacial score (nSPS) is 17.9. The van der Waals surface area contributed by atoms with E-state index in [0.717, 1.165) is 13.1 Å². The SMILES string of the molecule is CS(=O)CCNC(=O)C(=O)N1CCNCC1. The first-order valence-electron chi connectivity index (χ1n) is 5.19. The summed E-state index contributed by atoms with van der Waals surface area (Å²) in [5.74, 6) is -0.726. The lowest BCUT2D eigenvalue weighted by molar-refractivity contribution is -0.146. The second-order valence-corrected chi connectivity index (χ2v) is 5.13. The molecule has 1 fully saturated rings. The van der Waals surface area contributed by atoms with Crippen molar-refractivity contribution in [3.8, 4) is 0 Å². The predicted molar refractivity (Wildman–Crippen MR) is 61.4 cm³/mol. The summed E-state index contributed by atoms with van der Waals surface area (Å²) in [6, 6.07) is 0. The topological polar surface area (TPSA) is 78.5 Å². The van der Waals surface area contributed by atoms with Crippen molar-refractivity contribution in [2.75, 3.05) is 44.7 Å². The number of hydrogen-bond donors (Lipinski definition) is 2. The second kappa shape index (κ2) is 6.59. The lowest BCUT2D eigenvalue weighted by Gasteiger charge is -2.26. The van der Waals surface area contributed by atoms with Gasteiger partial charge in [0.15, 0.2) is 0 Å². The van der Waals surface area contributed by atoms with Crippen LogP contribution in [0.15, 0.2) is 0 Å². The minimum atomic E-state index is -0.950. The van der Waals surface area contributed by atoms with Crippen LogP contribution >= 0.6 is 0 Å². The zero-order valence-corrected chi connectivity index (χ0v) is 10.1. The van der Waals surface area contributed by atoms with Crippen LogP contribution in [-0.2, 0) is 20.4 Å². The van der Waals surface area contributed by atoms with Gasteiger partial charge in [0.05, 0.1) is 0 Å². The summed E-state index contributed by atoms with van der Waals surface area (Å²) < 4.78 is 10.8. The number of rotatable bonds is 3. The van der Waals surface area contributed by atoms with E-state index in [2.05, 4.69) is 10.6 Å². The number of piperazine rings is 1. The number of nitrogens with zero attached hydrogens (tertiary/aromatic N) is 1. The van der Waals surface area contributed by atoms with Gasteiger partial charge in [0.2, 0.25) is 0 Å². The fourth-order valence-corrected chi connectivity index (χ4v) is 1.78. The molecule has 0 aromatic carbocycles. The van der Waals surface area contributed by atoms with E-state index in [9.17, 15) is 13.8 Å². The van der Waals surface area contributed by atoms with Crippen LogP contribution in [0.4, 0.5) is 0 Å². The Morgan fingerprint density at radius 1 is 1.38 bits per heavy atom. The van der Waals surface area contributed by atoms with Gasteiger partial charge in [0, 0.05) is 55.5 Å². The minimum absolute atomic E-state index is 0.278. The first-order valence-corrected chi connectivity index (χ1v) is 6.92. The van der Waals surface area contributed by atoms with Crippen molar-refractivity contribution in [2.45, 2.75) is 0 Å². The van der Waals surface area contributed by atoms with Gasteiger partial charge in [0.25, 0.3) is 0 Å². The molecular formula is C9H17N3O3S. The van der Waals surface area contributed by atoms with Gasteiger partial charge in [-0.15, -0.1) is 0 Å². The summed E-state index contributed by atoms with van der Waals surface area (Å²) in [6.07, 6.45) is 1.56. The van der Waals surface area contributed by atoms with Gasteiger partial charge in [-0.2, -0.15) is 0 Å². The van der Waals surface area contributed by atoms with Crippen LogP contribution < -0.4 is 10.6 Å². The highest BCUT2D eigenvalue weighted by molar-refractivity contribution is 7.84. The van der Waals surface area contributed by atoms with Crippen LogP contribution in [0.3, 0.4) is 0 Å². The molecule has 1 atom stereocenters. The summed E-state index contributed by atoms with van der Waals surface area (Å²) in [5.41, 5.74) is 0. The summed E-state index contributed by atoms with van der Waals surface area (Å²) in [4.78, 5) is 24.5. The zero-order chi connectivity index (χ0) is 12.0. The number of nitrogens with one attached hydrogen (secondary N) is 2. The average Bonchev–Trinajstić information content (AvgIpc) is 2.28. The molecule has 1 unspecified atom stereocenters. The van der Waals surface area contributed by atoms with Crippen molar-refractivity contribution in [3.05, 3.63) is 0 Å². The Bertz CT molecular complexity index is 290. The van der Waals surface area contributed by atoms with E-state index < -0.39 is 22.6 Å². The third-order valence-electron chi connectivity index (χ3n) is 2.27. The Hall–Kier alpha value is -0.950. The van der Waals surface area contributed by atoms with Crippen LogP contribution in [-0.4, -0.2) is 65.7 Å². The molecule has 6 nitrogen and oxygen atoms in total. The molecule has 1 rings (SSSR count). The standard InChI is InChI=1S/C9H17N3O3S/c1-16(15)7-4-11-8(13)9(14)12-5-2-10-3-6-12/h10H,2-7H2,1H3,(H,11,13). The molecule has 0 spiro atoms. The van der Waals surface area contributed by atoms with E-state index in [1.54, 1.807) is 6.26 Å². The maximum Gasteiger partial charge on any atom is 0.311 e. The smallest absolute Gasteiger partial charge is 0.311 e. The van der Waals surface area contributed by atoms with Crippen LogP contribution in [0, 0.1) is 0 Å². The molecule has 16 heavy (non-hydrogen) atoms. The highest BCUT2D eigenvalue weighted by Crippen LogP contribution is 1.93. The molecule has 1 heterocycles. The molecule has 2 N–H and O–H groups in total. The summed E-state index contributed by atoms with van der Waals surface area (Å²) in [6.45, 7) is 2.84. The number of carbonyl (C=O) groups excluding carboxylic acids is 2. The van der Waals surface area contributed by atoms with Crippen LogP contribution in [0.5, 0.6) is 0 Å². The van der Waals surface area contributed by atoms with E-state index in [1.165, 1.54) is 4.90 Å². The van der Waals surface area contributed by atoms with E-state index >= 15 is 0 Å². The van der Waals surface area contributed by atoms with Gasteiger partial charge in [0.1, 0.15) is 0 Å². The third-order valence-corrected chi connectivity index (χ3v) is 3.05. The number of hydrogen-bond acceptors (Lipinski definition) is 4. The first kappa shape index (κ1) is 13.1. The van der Waals surface area contributed by atoms with Gasteiger partial charge in [-0.1, -0.05) is 0 Å². The van der Waals surface area contributed by atoms with Crippen LogP contribution in [0.25, 0.3) is 0 Å². The monoisotopic (exact) mass is 247 g/mol. The molecule has 0 aromatic heterocycles. The molecule has 1 saturated heterocycles. The molecule has 0 radical (unpaired) electrons. The van der Waals surface area contributed by atoms with E-state index in [1.807, 2.05) is 0 Å². The van der Waals surface area contributed by atoms with Gasteiger partial charge in [-0.3, -0.25) is 13.8 Å². The second-order valence-electron chi connectivity index (χ2n) is 3.58. The molecule has 0 aromatic rings. The number of carbonyl (C=O) groups is 2. The Balaban J connectivity index is 2.29. The molecule has 0 aliphatic carbocycles. The maximum absolute atomic E-state index is 11.6. The highest BCUT2D eigenvalue weighted by Gasteiger charge is 2.22. The molecule has 1 aliphatic rings. The van der Waals surface area contributed by atoms with Gasteiger partial charge in [-0.05, 0) is 0 Å². The molecule has 92 valence electrons. The Labute approximate surface area is 97.2 Å². The largest absolute Gasteiger partial charge is 0.347 e. The fraction of sp³-hybridized carbons (Fsp3) is 0.778. The Morgan fingerprint density at radius 2 is 2.00 bits per heavy atom. The van der Waals surface area contributed by atoms with E-state index in [0.29, 0.717) is 18.8 Å². The maximum atomic E-state index is 11.6. The first-order chi connectivity index (χ1) is 7.61. The van der Waals surface area contributed by atoms with Crippen molar-refractivity contribution >= 4 is 22.6 Å². The lowest BCUT2D eigenvalue weighted by Crippen LogP contribution is -2.51. The molecule has 0 bridgehead atoms. The van der Waals surface area contributed by atoms with Crippen molar-refractivity contribution in [1.82, 2.24) is 15.5 Å². The molecule has 2 amide bonds. The van der Waals surface area contributed by atoms with Gasteiger partial charge >= 0.3 is 11.8 Å². The Kier molecular flexibility index (Phi) is 5.41. The van der Waals surface area contributed by atoms with Crippen molar-refractivity contribution in [1.29, 1.82) is 0 Å². The number of amides is 2. The molecule has 0 saturated carbocycles.